The number of para-hydroxylation sites is 1. The number of rotatable bonds is 8. The van der Waals surface area contributed by atoms with Crippen LogP contribution in [0.3, 0.4) is 0 Å². The summed E-state index contributed by atoms with van der Waals surface area (Å²) in [6.45, 7) is 1.26. The Kier molecular flexibility index (Phi) is 6.57. The van der Waals surface area contributed by atoms with Gasteiger partial charge in [-0.2, -0.15) is 0 Å². The van der Waals surface area contributed by atoms with Gasteiger partial charge in [0, 0.05) is 15.9 Å². The molecule has 0 saturated carbocycles. The Bertz CT molecular complexity index is 1220. The quantitative estimate of drug-likeness (QED) is 0.527. The third kappa shape index (κ3) is 5.00. The number of nitrogens with one attached hydrogen (secondary N) is 1. The number of hydrogen-bond acceptors (Lipinski definition) is 6. The van der Waals surface area contributed by atoms with E-state index < -0.39 is 15.9 Å². The highest BCUT2D eigenvalue weighted by atomic mass is 32.2. The molecule has 1 amide bonds. The molecule has 1 heterocycles. The van der Waals surface area contributed by atoms with E-state index in [4.69, 9.17) is 9.47 Å². The van der Waals surface area contributed by atoms with Crippen LogP contribution in [-0.4, -0.2) is 33.4 Å². The number of sulfonamides is 1. The molecule has 0 bridgehead atoms. The molecule has 166 valence electrons. The van der Waals surface area contributed by atoms with E-state index in [0.29, 0.717) is 22.9 Å². The third-order valence-corrected chi connectivity index (χ3v) is 7.59. The fourth-order valence-corrected chi connectivity index (χ4v) is 5.12. The van der Waals surface area contributed by atoms with Gasteiger partial charge in [-0.05, 0) is 43.3 Å². The Labute approximate surface area is 191 Å². The molecule has 7 nitrogen and oxygen atoms in total. The number of benzene rings is 3. The molecule has 0 atom stereocenters. The lowest BCUT2D eigenvalue weighted by atomic mass is 10.2. The summed E-state index contributed by atoms with van der Waals surface area (Å²) in [4.78, 5) is 14.8. The van der Waals surface area contributed by atoms with Gasteiger partial charge in [-0.1, -0.05) is 42.1 Å². The smallest absolute Gasteiger partial charge is 0.245 e. The Morgan fingerprint density at radius 3 is 2.50 bits per heavy atom. The van der Waals surface area contributed by atoms with Gasteiger partial charge in [-0.25, -0.2) is 8.42 Å². The number of nitrogens with zero attached hydrogens (tertiary/aromatic N) is 1. The minimum absolute atomic E-state index is 0.0790. The molecular formula is C23H22N2O5S2. The SMILES string of the molecule is CCS(=O)(=O)N(CC(=O)Nc1ccccc1Sc1ccccc1)c1ccc2c(c1)OCO2. The predicted octanol–water partition coefficient (Wildman–Crippen LogP) is 4.36. The summed E-state index contributed by atoms with van der Waals surface area (Å²) in [5.41, 5.74) is 0.962. The second-order valence-corrected chi connectivity index (χ2v) is 10.2. The van der Waals surface area contributed by atoms with Crippen LogP contribution in [0.15, 0.2) is 82.6 Å². The van der Waals surface area contributed by atoms with E-state index >= 15 is 0 Å². The minimum atomic E-state index is -3.71. The number of ether oxygens (including phenoxy) is 2. The van der Waals surface area contributed by atoms with Gasteiger partial charge in [0.1, 0.15) is 6.54 Å². The topological polar surface area (TPSA) is 84.9 Å². The zero-order valence-corrected chi connectivity index (χ0v) is 19.0. The Balaban J connectivity index is 1.55. The van der Waals surface area contributed by atoms with E-state index in [1.165, 1.54) is 11.8 Å². The number of hydrogen-bond donors (Lipinski definition) is 1. The van der Waals surface area contributed by atoms with Crippen LogP contribution in [0, 0.1) is 0 Å². The highest BCUT2D eigenvalue weighted by Gasteiger charge is 2.26. The maximum Gasteiger partial charge on any atom is 0.245 e. The van der Waals surface area contributed by atoms with Crippen LogP contribution in [0.1, 0.15) is 6.92 Å². The van der Waals surface area contributed by atoms with Crippen LogP contribution in [0.2, 0.25) is 0 Å². The number of amides is 1. The van der Waals surface area contributed by atoms with Gasteiger partial charge in [0.05, 0.1) is 17.1 Å². The van der Waals surface area contributed by atoms with Crippen molar-refractivity contribution in [2.24, 2.45) is 0 Å². The molecule has 9 heteroatoms. The van der Waals surface area contributed by atoms with E-state index in [2.05, 4.69) is 5.32 Å². The lowest BCUT2D eigenvalue weighted by Crippen LogP contribution is -2.39. The Hall–Kier alpha value is -3.17. The molecule has 0 radical (unpaired) electrons. The first-order valence-corrected chi connectivity index (χ1v) is 12.4. The molecule has 0 saturated heterocycles. The predicted molar refractivity (Wildman–Crippen MR) is 125 cm³/mol. The molecule has 1 aliphatic heterocycles. The number of carbonyl (C=O) groups excluding carboxylic acids is 1. The largest absolute Gasteiger partial charge is 0.454 e. The van der Waals surface area contributed by atoms with Crippen molar-refractivity contribution >= 4 is 39.1 Å². The molecule has 3 aromatic carbocycles. The summed E-state index contributed by atoms with van der Waals surface area (Å²) in [5.74, 6) is 0.401. The van der Waals surface area contributed by atoms with Crippen LogP contribution in [0.4, 0.5) is 11.4 Å². The molecule has 1 N–H and O–H groups in total. The molecule has 3 aromatic rings. The Morgan fingerprint density at radius 2 is 1.72 bits per heavy atom. The summed E-state index contributed by atoms with van der Waals surface area (Å²) >= 11 is 1.52. The average molecular weight is 471 g/mol. The molecule has 4 rings (SSSR count). The molecule has 0 aliphatic carbocycles. The maximum atomic E-state index is 12.9. The van der Waals surface area contributed by atoms with E-state index in [9.17, 15) is 13.2 Å². The summed E-state index contributed by atoms with van der Waals surface area (Å²) in [7, 11) is -3.71. The van der Waals surface area contributed by atoms with Crippen molar-refractivity contribution < 1.29 is 22.7 Å². The van der Waals surface area contributed by atoms with E-state index in [-0.39, 0.29) is 19.1 Å². The molecule has 0 aromatic heterocycles. The first kappa shape index (κ1) is 22.0. The molecule has 0 fully saturated rings. The summed E-state index contributed by atoms with van der Waals surface area (Å²) in [5, 5.41) is 2.86. The van der Waals surface area contributed by atoms with Crippen LogP contribution in [0.5, 0.6) is 11.5 Å². The van der Waals surface area contributed by atoms with Crippen molar-refractivity contribution in [3.8, 4) is 11.5 Å². The minimum Gasteiger partial charge on any atom is -0.454 e. The fourth-order valence-electron chi connectivity index (χ4n) is 3.14. The standard InChI is InChI=1S/C23H22N2O5S2/c1-2-32(27,28)25(17-12-13-20-21(14-17)30-16-29-20)15-23(26)24-19-10-6-7-11-22(19)31-18-8-4-3-5-9-18/h3-14H,2,15-16H2,1H3,(H,24,26). The van der Waals surface area contributed by atoms with Gasteiger partial charge < -0.3 is 14.8 Å². The lowest BCUT2D eigenvalue weighted by Gasteiger charge is -2.23. The average Bonchev–Trinajstić information content (AvgIpc) is 3.27. The van der Waals surface area contributed by atoms with Crippen LogP contribution in [0.25, 0.3) is 0 Å². The monoisotopic (exact) mass is 470 g/mol. The number of anilines is 2. The van der Waals surface area contributed by atoms with Crippen molar-refractivity contribution in [1.82, 2.24) is 0 Å². The van der Waals surface area contributed by atoms with Crippen molar-refractivity contribution in [2.45, 2.75) is 16.7 Å². The first-order valence-electron chi connectivity index (χ1n) is 9.98. The zero-order chi connectivity index (χ0) is 22.6. The van der Waals surface area contributed by atoms with Crippen molar-refractivity contribution in [1.29, 1.82) is 0 Å². The highest BCUT2D eigenvalue weighted by Crippen LogP contribution is 2.36. The van der Waals surface area contributed by atoms with Crippen molar-refractivity contribution in [2.75, 3.05) is 28.7 Å². The zero-order valence-electron chi connectivity index (χ0n) is 17.4. The van der Waals surface area contributed by atoms with Gasteiger partial charge in [0.2, 0.25) is 22.7 Å². The molecule has 0 spiro atoms. The van der Waals surface area contributed by atoms with Crippen LogP contribution in [-0.2, 0) is 14.8 Å². The third-order valence-electron chi connectivity index (χ3n) is 4.76. The highest BCUT2D eigenvalue weighted by molar-refractivity contribution is 7.99. The summed E-state index contributed by atoms with van der Waals surface area (Å²) < 4.78 is 37.3. The molecule has 1 aliphatic rings. The van der Waals surface area contributed by atoms with Gasteiger partial charge in [-0.3, -0.25) is 9.10 Å². The van der Waals surface area contributed by atoms with Gasteiger partial charge in [-0.15, -0.1) is 0 Å². The van der Waals surface area contributed by atoms with Gasteiger partial charge in [0.15, 0.2) is 11.5 Å². The molecule has 0 unspecified atom stereocenters. The molecule has 32 heavy (non-hydrogen) atoms. The van der Waals surface area contributed by atoms with Crippen LogP contribution < -0.4 is 19.1 Å². The van der Waals surface area contributed by atoms with E-state index in [1.807, 2.05) is 48.5 Å². The summed E-state index contributed by atoms with van der Waals surface area (Å²) in [6, 6.07) is 22.0. The van der Waals surface area contributed by atoms with Crippen molar-refractivity contribution in [3.05, 3.63) is 72.8 Å². The Morgan fingerprint density at radius 1 is 1.00 bits per heavy atom. The maximum absolute atomic E-state index is 12.9. The van der Waals surface area contributed by atoms with E-state index in [0.717, 1.165) is 14.1 Å². The normalized spacial score (nSPS) is 12.4. The van der Waals surface area contributed by atoms with E-state index in [1.54, 1.807) is 31.2 Å². The molecular weight excluding hydrogens is 448 g/mol. The lowest BCUT2D eigenvalue weighted by molar-refractivity contribution is -0.114. The second-order valence-electron chi connectivity index (χ2n) is 6.90. The van der Waals surface area contributed by atoms with Gasteiger partial charge >= 0.3 is 0 Å². The summed E-state index contributed by atoms with van der Waals surface area (Å²) in [6.07, 6.45) is 0. The number of fused-ring (bicyclic) bond motifs is 1. The first-order chi connectivity index (χ1) is 15.5. The van der Waals surface area contributed by atoms with Crippen LogP contribution >= 0.6 is 11.8 Å². The van der Waals surface area contributed by atoms with Gasteiger partial charge in [0.25, 0.3) is 0 Å². The fraction of sp³-hybridized carbons (Fsp3) is 0.174. The van der Waals surface area contributed by atoms with Crippen molar-refractivity contribution in [3.63, 3.8) is 0 Å². The second kappa shape index (κ2) is 9.54. The number of carbonyl (C=O) groups is 1.